The number of hydrogen-bond donors (Lipinski definition) is 0. The third-order valence-corrected chi connectivity index (χ3v) is 2.26. The molecular weight excluding hydrogens is 230 g/mol. The van der Waals surface area contributed by atoms with Crippen LogP contribution in [0.5, 0.6) is 0 Å². The van der Waals surface area contributed by atoms with Crippen LogP contribution in [0.4, 0.5) is 4.39 Å². The highest BCUT2D eigenvalue weighted by atomic mass is 79.9. The molecule has 0 bridgehead atoms. The van der Waals surface area contributed by atoms with E-state index in [-0.39, 0.29) is 5.82 Å². The van der Waals surface area contributed by atoms with E-state index in [1.54, 1.807) is 19.1 Å². The second-order valence-corrected chi connectivity index (χ2v) is 3.33. The van der Waals surface area contributed by atoms with Gasteiger partial charge in [0.2, 0.25) is 0 Å². The fraction of sp³-hybridized carbons (Fsp3) is 0.250. The lowest BCUT2D eigenvalue weighted by Crippen LogP contribution is -1.89. The molecule has 0 atom stereocenters. The number of rotatable bonds is 1. The van der Waals surface area contributed by atoms with Crippen molar-refractivity contribution >= 4 is 27.5 Å². The summed E-state index contributed by atoms with van der Waals surface area (Å²) in [4.78, 5) is 0. The Kier molecular flexibility index (Phi) is 2.90. The average Bonchev–Trinajstić information content (AvgIpc) is 1.96. The first-order valence-electron chi connectivity index (χ1n) is 3.15. The minimum Gasteiger partial charge on any atom is -0.206 e. The van der Waals surface area contributed by atoms with Gasteiger partial charge in [0.15, 0.2) is 0 Å². The summed E-state index contributed by atoms with van der Waals surface area (Å²) in [5.41, 5.74) is 1.20. The molecule has 0 aliphatic heterocycles. The third kappa shape index (κ3) is 1.94. The van der Waals surface area contributed by atoms with E-state index in [2.05, 4.69) is 15.9 Å². The molecule has 0 aromatic heterocycles. The Hall–Kier alpha value is -0.0800. The minimum atomic E-state index is -0.175. The lowest BCUT2D eigenvalue weighted by molar-refractivity contribution is 0.608. The second kappa shape index (κ2) is 3.55. The van der Waals surface area contributed by atoms with Crippen molar-refractivity contribution in [2.24, 2.45) is 0 Å². The standard InChI is InChI=1S/C8H7BrClF/c1-5-2-7(10)3-6(4-9)8(5)11/h2-3H,4H2,1H3. The van der Waals surface area contributed by atoms with Crippen molar-refractivity contribution in [1.29, 1.82) is 0 Å². The molecule has 1 rings (SSSR count). The lowest BCUT2D eigenvalue weighted by Gasteiger charge is -2.02. The van der Waals surface area contributed by atoms with Crippen LogP contribution in [-0.4, -0.2) is 0 Å². The summed E-state index contributed by atoms with van der Waals surface area (Å²) in [5.74, 6) is -0.175. The SMILES string of the molecule is Cc1cc(Cl)cc(CBr)c1F. The molecule has 0 unspecified atom stereocenters. The lowest BCUT2D eigenvalue weighted by atomic mass is 10.1. The van der Waals surface area contributed by atoms with Gasteiger partial charge in [0, 0.05) is 15.9 Å². The molecule has 0 saturated carbocycles. The van der Waals surface area contributed by atoms with E-state index in [0.717, 1.165) is 0 Å². The van der Waals surface area contributed by atoms with Crippen molar-refractivity contribution in [3.63, 3.8) is 0 Å². The summed E-state index contributed by atoms with van der Waals surface area (Å²) in [6, 6.07) is 3.24. The highest BCUT2D eigenvalue weighted by Crippen LogP contribution is 2.20. The summed E-state index contributed by atoms with van der Waals surface area (Å²) >= 11 is 8.89. The van der Waals surface area contributed by atoms with E-state index in [4.69, 9.17) is 11.6 Å². The van der Waals surface area contributed by atoms with E-state index in [1.807, 2.05) is 0 Å². The van der Waals surface area contributed by atoms with E-state index in [9.17, 15) is 4.39 Å². The Morgan fingerprint density at radius 3 is 2.73 bits per heavy atom. The Morgan fingerprint density at radius 1 is 1.55 bits per heavy atom. The van der Waals surface area contributed by atoms with Crippen LogP contribution < -0.4 is 0 Å². The highest BCUT2D eigenvalue weighted by molar-refractivity contribution is 9.08. The zero-order valence-corrected chi connectivity index (χ0v) is 8.34. The van der Waals surface area contributed by atoms with Crippen LogP contribution in [-0.2, 0) is 5.33 Å². The van der Waals surface area contributed by atoms with Crippen molar-refractivity contribution < 1.29 is 4.39 Å². The number of halogens is 3. The maximum Gasteiger partial charge on any atom is 0.130 e. The van der Waals surface area contributed by atoms with Crippen LogP contribution in [0.25, 0.3) is 0 Å². The predicted molar refractivity (Wildman–Crippen MR) is 48.8 cm³/mol. The molecule has 0 nitrogen and oxygen atoms in total. The summed E-state index contributed by atoms with van der Waals surface area (Å²) in [6.07, 6.45) is 0. The number of hydrogen-bond acceptors (Lipinski definition) is 0. The third-order valence-electron chi connectivity index (χ3n) is 1.44. The molecule has 0 fully saturated rings. The van der Waals surface area contributed by atoms with Crippen LogP contribution in [0.2, 0.25) is 5.02 Å². The Morgan fingerprint density at radius 2 is 2.18 bits per heavy atom. The van der Waals surface area contributed by atoms with Gasteiger partial charge in [0.1, 0.15) is 5.82 Å². The second-order valence-electron chi connectivity index (χ2n) is 2.33. The zero-order chi connectivity index (χ0) is 8.43. The topological polar surface area (TPSA) is 0 Å². The van der Waals surface area contributed by atoms with E-state index < -0.39 is 0 Å². The Balaban J connectivity index is 3.24. The summed E-state index contributed by atoms with van der Waals surface area (Å²) < 4.78 is 13.1. The van der Waals surface area contributed by atoms with Crippen molar-refractivity contribution in [3.8, 4) is 0 Å². The van der Waals surface area contributed by atoms with Gasteiger partial charge in [0.05, 0.1) is 0 Å². The molecule has 0 N–H and O–H groups in total. The molecule has 0 spiro atoms. The van der Waals surface area contributed by atoms with Gasteiger partial charge >= 0.3 is 0 Å². The fourth-order valence-electron chi connectivity index (χ4n) is 0.892. The van der Waals surface area contributed by atoms with E-state index >= 15 is 0 Å². The highest BCUT2D eigenvalue weighted by Gasteiger charge is 2.04. The van der Waals surface area contributed by atoms with Gasteiger partial charge in [-0.05, 0) is 24.6 Å². The maximum atomic E-state index is 13.1. The first-order chi connectivity index (χ1) is 5.15. The molecule has 0 radical (unpaired) electrons. The summed E-state index contributed by atoms with van der Waals surface area (Å²) in [5, 5.41) is 1.08. The summed E-state index contributed by atoms with van der Waals surface area (Å²) in [7, 11) is 0. The number of benzene rings is 1. The first kappa shape index (κ1) is 9.01. The molecule has 1 aromatic rings. The Labute approximate surface area is 78.5 Å². The molecule has 3 heteroatoms. The molecule has 0 heterocycles. The van der Waals surface area contributed by atoms with E-state index in [1.165, 1.54) is 0 Å². The van der Waals surface area contributed by atoms with Gasteiger partial charge in [-0.3, -0.25) is 0 Å². The van der Waals surface area contributed by atoms with Crippen LogP contribution >= 0.6 is 27.5 Å². The predicted octanol–water partition coefficient (Wildman–Crippen LogP) is 3.68. The molecule has 0 aliphatic carbocycles. The quantitative estimate of drug-likeness (QED) is 0.654. The molecular formula is C8H7BrClF. The summed E-state index contributed by atoms with van der Waals surface area (Å²) in [6.45, 7) is 1.70. The minimum absolute atomic E-state index is 0.175. The molecule has 0 saturated heterocycles. The van der Waals surface area contributed by atoms with Crippen LogP contribution in [0, 0.1) is 12.7 Å². The van der Waals surface area contributed by atoms with E-state index in [0.29, 0.717) is 21.5 Å². The largest absolute Gasteiger partial charge is 0.206 e. The van der Waals surface area contributed by atoms with Gasteiger partial charge in [-0.2, -0.15) is 0 Å². The Bertz CT molecular complexity index is 273. The van der Waals surface area contributed by atoms with Gasteiger partial charge < -0.3 is 0 Å². The molecule has 60 valence electrons. The first-order valence-corrected chi connectivity index (χ1v) is 4.65. The van der Waals surface area contributed by atoms with Gasteiger partial charge in [-0.1, -0.05) is 27.5 Å². The number of alkyl halides is 1. The van der Waals surface area contributed by atoms with Gasteiger partial charge in [-0.15, -0.1) is 0 Å². The number of aryl methyl sites for hydroxylation is 1. The van der Waals surface area contributed by atoms with Gasteiger partial charge in [-0.25, -0.2) is 4.39 Å². The van der Waals surface area contributed by atoms with Crippen molar-refractivity contribution in [2.45, 2.75) is 12.3 Å². The molecule has 11 heavy (non-hydrogen) atoms. The van der Waals surface area contributed by atoms with Gasteiger partial charge in [0.25, 0.3) is 0 Å². The fourth-order valence-corrected chi connectivity index (χ4v) is 1.60. The zero-order valence-electron chi connectivity index (χ0n) is 6.00. The molecule has 1 aromatic carbocycles. The van der Waals surface area contributed by atoms with Crippen LogP contribution in [0.1, 0.15) is 11.1 Å². The van der Waals surface area contributed by atoms with Crippen LogP contribution in [0.15, 0.2) is 12.1 Å². The average molecular weight is 237 g/mol. The molecule has 0 aliphatic rings. The molecule has 0 amide bonds. The smallest absolute Gasteiger partial charge is 0.130 e. The normalized spacial score (nSPS) is 10.2. The maximum absolute atomic E-state index is 13.1. The monoisotopic (exact) mass is 236 g/mol. The van der Waals surface area contributed by atoms with Crippen LogP contribution in [0.3, 0.4) is 0 Å². The van der Waals surface area contributed by atoms with Crippen molar-refractivity contribution in [1.82, 2.24) is 0 Å². The van der Waals surface area contributed by atoms with Crippen molar-refractivity contribution in [3.05, 3.63) is 34.1 Å². The van der Waals surface area contributed by atoms with Crippen molar-refractivity contribution in [2.75, 3.05) is 0 Å².